The van der Waals surface area contributed by atoms with Crippen LogP contribution >= 0.6 is 0 Å². The van der Waals surface area contributed by atoms with Gasteiger partial charge in [-0.1, -0.05) is 0 Å². The molecule has 0 unspecified atom stereocenters. The zero-order valence-electron chi connectivity index (χ0n) is 14.5. The number of amides is 2. The number of H-pyrrole nitrogens is 1. The predicted molar refractivity (Wildman–Crippen MR) is 92.3 cm³/mol. The Morgan fingerprint density at radius 1 is 1.36 bits per heavy atom. The van der Waals surface area contributed by atoms with Crippen LogP contribution in [-0.2, 0) is 11.3 Å². The summed E-state index contributed by atoms with van der Waals surface area (Å²) in [5, 5.41) is 16.6. The molecule has 9 heteroatoms. The first-order valence-electron chi connectivity index (χ1n) is 8.31. The van der Waals surface area contributed by atoms with Crippen molar-refractivity contribution in [1.29, 1.82) is 0 Å². The Morgan fingerprint density at radius 3 is 2.88 bits per heavy atom. The van der Waals surface area contributed by atoms with Crippen LogP contribution in [0.3, 0.4) is 0 Å². The predicted octanol–water partition coefficient (Wildman–Crippen LogP) is 0.414. The van der Waals surface area contributed by atoms with E-state index in [0.717, 1.165) is 25.1 Å². The smallest absolute Gasteiger partial charge is 0.259 e. The Bertz CT molecular complexity index is 745. The van der Waals surface area contributed by atoms with E-state index in [1.54, 1.807) is 12.4 Å². The molecule has 25 heavy (non-hydrogen) atoms. The Labute approximate surface area is 145 Å². The molecule has 1 aliphatic rings. The van der Waals surface area contributed by atoms with Crippen LogP contribution in [0.5, 0.6) is 0 Å². The number of carbonyl (C=O) groups excluding carboxylic acids is 2. The number of nitrogens with zero attached hydrogens (tertiary/aromatic N) is 4. The Balaban J connectivity index is 1.52. The molecular formula is C16H23N7O2. The van der Waals surface area contributed by atoms with Crippen molar-refractivity contribution in [2.24, 2.45) is 0 Å². The van der Waals surface area contributed by atoms with Crippen LogP contribution in [0.2, 0.25) is 0 Å². The minimum absolute atomic E-state index is 0.113. The highest BCUT2D eigenvalue weighted by molar-refractivity contribution is 6.05. The molecule has 0 saturated heterocycles. The normalized spacial score (nSPS) is 13.9. The van der Waals surface area contributed by atoms with Gasteiger partial charge >= 0.3 is 0 Å². The summed E-state index contributed by atoms with van der Waals surface area (Å²) in [5.41, 5.74) is 2.01. The topological polar surface area (TPSA) is 108 Å². The molecule has 0 spiro atoms. The second kappa shape index (κ2) is 7.47. The minimum atomic E-state index is -0.217. The molecule has 0 aliphatic heterocycles. The van der Waals surface area contributed by atoms with Gasteiger partial charge in [0.25, 0.3) is 5.91 Å². The van der Waals surface area contributed by atoms with Gasteiger partial charge in [-0.3, -0.25) is 19.4 Å². The maximum Gasteiger partial charge on any atom is 0.259 e. The number of carbonyl (C=O) groups is 2. The second-order valence-electron chi connectivity index (χ2n) is 6.51. The van der Waals surface area contributed by atoms with Crippen molar-refractivity contribution in [2.45, 2.75) is 25.3 Å². The van der Waals surface area contributed by atoms with Gasteiger partial charge in [0.15, 0.2) is 0 Å². The largest absolute Gasteiger partial charge is 0.353 e. The van der Waals surface area contributed by atoms with Crippen molar-refractivity contribution in [1.82, 2.24) is 30.2 Å². The maximum absolute atomic E-state index is 12.4. The van der Waals surface area contributed by atoms with Gasteiger partial charge in [-0.25, -0.2) is 0 Å². The van der Waals surface area contributed by atoms with Crippen LogP contribution in [0.15, 0.2) is 18.6 Å². The third-order valence-electron chi connectivity index (χ3n) is 3.98. The fourth-order valence-corrected chi connectivity index (χ4v) is 2.50. The lowest BCUT2D eigenvalue weighted by molar-refractivity contribution is -0.121. The summed E-state index contributed by atoms with van der Waals surface area (Å²) in [6.45, 7) is 1.48. The number of rotatable bonds is 8. The van der Waals surface area contributed by atoms with Crippen molar-refractivity contribution < 1.29 is 9.59 Å². The first kappa shape index (κ1) is 17.2. The number of likely N-dealkylation sites (N-methyl/N-ethyl adjacent to an activating group) is 1. The van der Waals surface area contributed by atoms with Crippen molar-refractivity contribution in [3.05, 3.63) is 29.8 Å². The Kier molecular flexibility index (Phi) is 5.13. The van der Waals surface area contributed by atoms with Gasteiger partial charge in [-0.05, 0) is 26.9 Å². The van der Waals surface area contributed by atoms with E-state index in [-0.39, 0.29) is 18.4 Å². The van der Waals surface area contributed by atoms with Gasteiger partial charge in [0, 0.05) is 25.2 Å². The standard InChI is InChI=1S/C16H23N7O2/c1-22(2)6-5-17-14(24)10-23-9-12(7-19-23)20-16(25)13-8-18-21-15(13)11-3-4-11/h7-9,11H,3-6,10H2,1-2H3,(H,17,24)(H,18,21)(H,20,25). The molecule has 0 atom stereocenters. The number of aromatic nitrogens is 4. The van der Waals surface area contributed by atoms with Gasteiger partial charge in [0.05, 0.1) is 29.3 Å². The highest BCUT2D eigenvalue weighted by Crippen LogP contribution is 2.40. The number of hydrogen-bond acceptors (Lipinski definition) is 5. The summed E-state index contributed by atoms with van der Waals surface area (Å²) >= 11 is 0. The summed E-state index contributed by atoms with van der Waals surface area (Å²) in [5.74, 6) is 0.0798. The molecule has 3 rings (SSSR count). The maximum atomic E-state index is 12.4. The SMILES string of the molecule is CN(C)CCNC(=O)Cn1cc(NC(=O)c2cn[nH]c2C2CC2)cn1. The quantitative estimate of drug-likeness (QED) is 0.642. The molecule has 0 bridgehead atoms. The fraction of sp³-hybridized carbons (Fsp3) is 0.500. The van der Waals surface area contributed by atoms with Crippen molar-refractivity contribution in [2.75, 3.05) is 32.5 Å². The van der Waals surface area contributed by atoms with Crippen LogP contribution in [0.1, 0.15) is 34.8 Å². The third-order valence-corrected chi connectivity index (χ3v) is 3.98. The molecule has 2 amide bonds. The van der Waals surface area contributed by atoms with E-state index in [1.165, 1.54) is 10.9 Å². The van der Waals surface area contributed by atoms with E-state index >= 15 is 0 Å². The molecule has 2 aromatic rings. The molecule has 0 aromatic carbocycles. The van der Waals surface area contributed by atoms with E-state index in [2.05, 4.69) is 25.9 Å². The molecular weight excluding hydrogens is 322 g/mol. The molecule has 2 aromatic heterocycles. The fourth-order valence-electron chi connectivity index (χ4n) is 2.50. The Hall–Kier alpha value is -2.68. The summed E-state index contributed by atoms with van der Waals surface area (Å²) in [6, 6.07) is 0. The third kappa shape index (κ3) is 4.66. The highest BCUT2D eigenvalue weighted by Gasteiger charge is 2.30. The summed E-state index contributed by atoms with van der Waals surface area (Å²) < 4.78 is 1.50. The average molecular weight is 345 g/mol. The van der Waals surface area contributed by atoms with Gasteiger partial charge < -0.3 is 15.5 Å². The number of hydrogen-bond donors (Lipinski definition) is 3. The van der Waals surface area contributed by atoms with Crippen molar-refractivity contribution in [3.63, 3.8) is 0 Å². The lowest BCUT2D eigenvalue weighted by Gasteiger charge is -2.10. The zero-order valence-corrected chi connectivity index (χ0v) is 14.5. The van der Waals surface area contributed by atoms with E-state index in [9.17, 15) is 9.59 Å². The van der Waals surface area contributed by atoms with Gasteiger partial charge in [0.1, 0.15) is 6.54 Å². The average Bonchev–Trinajstić information content (AvgIpc) is 3.11. The van der Waals surface area contributed by atoms with Gasteiger partial charge in [0.2, 0.25) is 5.91 Å². The molecule has 134 valence electrons. The first-order valence-corrected chi connectivity index (χ1v) is 8.31. The van der Waals surface area contributed by atoms with Crippen LogP contribution in [-0.4, -0.2) is 63.9 Å². The lowest BCUT2D eigenvalue weighted by Crippen LogP contribution is -2.33. The monoisotopic (exact) mass is 345 g/mol. The van der Waals surface area contributed by atoms with Gasteiger partial charge in [-0.15, -0.1) is 0 Å². The van der Waals surface area contributed by atoms with Crippen molar-refractivity contribution >= 4 is 17.5 Å². The lowest BCUT2D eigenvalue weighted by atomic mass is 10.1. The number of nitrogens with one attached hydrogen (secondary N) is 3. The first-order chi connectivity index (χ1) is 12.0. The van der Waals surface area contributed by atoms with Crippen LogP contribution in [0.25, 0.3) is 0 Å². The van der Waals surface area contributed by atoms with Crippen LogP contribution in [0, 0.1) is 0 Å². The molecule has 3 N–H and O–H groups in total. The van der Waals surface area contributed by atoms with Crippen LogP contribution < -0.4 is 10.6 Å². The van der Waals surface area contributed by atoms with E-state index in [1.807, 2.05) is 19.0 Å². The molecule has 1 fully saturated rings. The number of aromatic amines is 1. The van der Waals surface area contributed by atoms with E-state index in [0.29, 0.717) is 23.7 Å². The van der Waals surface area contributed by atoms with Crippen molar-refractivity contribution in [3.8, 4) is 0 Å². The van der Waals surface area contributed by atoms with Gasteiger partial charge in [-0.2, -0.15) is 10.2 Å². The highest BCUT2D eigenvalue weighted by atomic mass is 16.2. The minimum Gasteiger partial charge on any atom is -0.353 e. The summed E-state index contributed by atoms with van der Waals surface area (Å²) in [6.07, 6.45) is 6.89. The zero-order chi connectivity index (χ0) is 17.8. The second-order valence-corrected chi connectivity index (χ2v) is 6.51. The molecule has 0 radical (unpaired) electrons. The summed E-state index contributed by atoms with van der Waals surface area (Å²) in [7, 11) is 3.90. The Morgan fingerprint density at radius 2 is 2.16 bits per heavy atom. The molecule has 1 saturated carbocycles. The number of anilines is 1. The van der Waals surface area contributed by atoms with E-state index < -0.39 is 0 Å². The summed E-state index contributed by atoms with van der Waals surface area (Å²) in [4.78, 5) is 26.2. The molecule has 9 nitrogen and oxygen atoms in total. The van der Waals surface area contributed by atoms with E-state index in [4.69, 9.17) is 0 Å². The molecule has 2 heterocycles. The van der Waals surface area contributed by atoms with Crippen LogP contribution in [0.4, 0.5) is 5.69 Å². The molecule has 1 aliphatic carbocycles.